The van der Waals surface area contributed by atoms with Crippen LogP contribution in [-0.4, -0.2) is 42.1 Å². The Bertz CT molecular complexity index is 1510. The number of halogens is 1. The summed E-state index contributed by atoms with van der Waals surface area (Å²) >= 11 is 5.90. The normalized spacial score (nSPS) is 13.8. The van der Waals surface area contributed by atoms with Crippen LogP contribution in [0.5, 0.6) is 0 Å². The Morgan fingerprint density at radius 1 is 1.26 bits per heavy atom. The van der Waals surface area contributed by atoms with Crippen molar-refractivity contribution in [3.8, 4) is 6.07 Å². The minimum absolute atomic E-state index is 0.100. The van der Waals surface area contributed by atoms with Gasteiger partial charge in [-0.25, -0.2) is 24.7 Å². The SMILES string of the molecule is Cc1cc([C@@H](C)Nc2ccc(Cl)nc2C(=O)O)c2nc(N3CCn4ccnc4C3)c(C#N)nc2c1. The Morgan fingerprint density at radius 2 is 2.09 bits per heavy atom. The van der Waals surface area contributed by atoms with Gasteiger partial charge in [-0.15, -0.1) is 0 Å². The van der Waals surface area contributed by atoms with E-state index in [1.54, 1.807) is 12.3 Å². The quantitative estimate of drug-likeness (QED) is 0.400. The molecule has 0 spiro atoms. The molecule has 176 valence electrons. The van der Waals surface area contributed by atoms with Crippen LogP contribution in [0.15, 0.2) is 36.7 Å². The average Bonchev–Trinajstić information content (AvgIpc) is 3.31. The summed E-state index contributed by atoms with van der Waals surface area (Å²) in [5, 5.41) is 22.7. The number of fused-ring (bicyclic) bond motifs is 2. The molecule has 1 aliphatic rings. The zero-order valence-electron chi connectivity index (χ0n) is 19.0. The third-order valence-corrected chi connectivity index (χ3v) is 6.19. The molecule has 0 saturated carbocycles. The van der Waals surface area contributed by atoms with Crippen molar-refractivity contribution < 1.29 is 9.90 Å². The van der Waals surface area contributed by atoms with Crippen LogP contribution in [0.1, 0.15) is 46.1 Å². The topological polar surface area (TPSA) is 133 Å². The third-order valence-electron chi connectivity index (χ3n) is 5.98. The second kappa shape index (κ2) is 8.85. The van der Waals surface area contributed by atoms with Crippen molar-refractivity contribution in [2.24, 2.45) is 0 Å². The van der Waals surface area contributed by atoms with E-state index in [1.165, 1.54) is 6.07 Å². The second-order valence-corrected chi connectivity index (χ2v) is 8.78. The van der Waals surface area contributed by atoms with Gasteiger partial charge in [-0.2, -0.15) is 5.26 Å². The molecule has 2 N–H and O–H groups in total. The lowest BCUT2D eigenvalue weighted by Crippen LogP contribution is -2.35. The summed E-state index contributed by atoms with van der Waals surface area (Å²) in [5.41, 5.74) is 3.43. The van der Waals surface area contributed by atoms with Gasteiger partial charge in [0.05, 0.1) is 29.3 Å². The molecule has 1 atom stereocenters. The molecule has 10 nitrogen and oxygen atoms in total. The lowest BCUT2D eigenvalue weighted by Gasteiger charge is -2.29. The number of aryl methyl sites for hydroxylation is 1. The number of nitrogens with zero attached hydrogens (tertiary/aromatic N) is 7. The van der Waals surface area contributed by atoms with Gasteiger partial charge in [-0.05, 0) is 37.6 Å². The Kier molecular flexibility index (Phi) is 5.70. The Morgan fingerprint density at radius 3 is 2.86 bits per heavy atom. The number of nitriles is 1. The van der Waals surface area contributed by atoms with Gasteiger partial charge >= 0.3 is 5.97 Å². The van der Waals surface area contributed by atoms with Crippen molar-refractivity contribution in [3.63, 3.8) is 0 Å². The van der Waals surface area contributed by atoms with Crippen LogP contribution in [0.2, 0.25) is 5.15 Å². The first-order valence-electron chi connectivity index (χ1n) is 11.0. The lowest BCUT2D eigenvalue weighted by molar-refractivity contribution is 0.0691. The van der Waals surface area contributed by atoms with Crippen molar-refractivity contribution in [2.75, 3.05) is 16.8 Å². The summed E-state index contributed by atoms with van der Waals surface area (Å²) < 4.78 is 2.08. The van der Waals surface area contributed by atoms with Crippen LogP contribution < -0.4 is 10.2 Å². The fraction of sp³-hybridized carbons (Fsp3) is 0.250. The molecule has 4 heterocycles. The fourth-order valence-corrected chi connectivity index (χ4v) is 4.48. The maximum absolute atomic E-state index is 11.7. The number of carbonyl (C=O) groups is 1. The van der Waals surface area contributed by atoms with Crippen LogP contribution in [0, 0.1) is 18.3 Å². The van der Waals surface area contributed by atoms with Crippen molar-refractivity contribution in [1.29, 1.82) is 5.26 Å². The largest absolute Gasteiger partial charge is 0.476 e. The number of pyridine rings is 1. The number of imidazole rings is 1. The van der Waals surface area contributed by atoms with Gasteiger partial charge in [0.1, 0.15) is 17.0 Å². The summed E-state index contributed by atoms with van der Waals surface area (Å²) in [5.74, 6) is 0.226. The molecular formula is C24H21ClN8O2. The minimum atomic E-state index is -1.18. The number of hydrogen-bond donors (Lipinski definition) is 2. The van der Waals surface area contributed by atoms with Gasteiger partial charge in [-0.3, -0.25) is 0 Å². The molecule has 0 amide bonds. The molecule has 0 bridgehead atoms. The predicted octanol–water partition coefficient (Wildman–Crippen LogP) is 3.95. The number of benzene rings is 1. The van der Waals surface area contributed by atoms with Crippen LogP contribution in [-0.2, 0) is 13.1 Å². The first kappa shape index (κ1) is 22.6. The van der Waals surface area contributed by atoms with E-state index in [2.05, 4.69) is 30.9 Å². The van der Waals surface area contributed by atoms with Crippen LogP contribution >= 0.6 is 11.6 Å². The zero-order valence-corrected chi connectivity index (χ0v) is 19.8. The lowest BCUT2D eigenvalue weighted by atomic mass is 10.0. The Labute approximate surface area is 205 Å². The molecule has 0 unspecified atom stereocenters. The molecule has 0 fully saturated rings. The van der Waals surface area contributed by atoms with E-state index in [0.717, 1.165) is 23.5 Å². The van der Waals surface area contributed by atoms with E-state index in [0.29, 0.717) is 35.6 Å². The maximum Gasteiger partial charge on any atom is 0.356 e. The van der Waals surface area contributed by atoms with Crippen LogP contribution in [0.4, 0.5) is 11.5 Å². The number of anilines is 2. The number of hydrogen-bond acceptors (Lipinski definition) is 8. The third kappa shape index (κ3) is 4.22. The molecule has 4 aromatic rings. The second-order valence-electron chi connectivity index (χ2n) is 8.39. The molecule has 1 aliphatic heterocycles. The number of carboxylic acid groups (broad SMARTS) is 1. The maximum atomic E-state index is 11.7. The molecule has 0 saturated heterocycles. The molecule has 11 heteroatoms. The molecule has 1 aromatic carbocycles. The fourth-order valence-electron chi connectivity index (χ4n) is 4.33. The summed E-state index contributed by atoms with van der Waals surface area (Å²) in [7, 11) is 0. The number of aromatic nitrogens is 5. The Balaban J connectivity index is 1.58. The number of nitrogens with one attached hydrogen (secondary N) is 1. The zero-order chi connectivity index (χ0) is 24.7. The molecule has 3 aromatic heterocycles. The van der Waals surface area contributed by atoms with Gasteiger partial charge < -0.3 is 19.9 Å². The van der Waals surface area contributed by atoms with Crippen LogP contribution in [0.3, 0.4) is 0 Å². The smallest absolute Gasteiger partial charge is 0.356 e. The average molecular weight is 489 g/mol. The number of carboxylic acids is 1. The number of aromatic carboxylic acids is 1. The van der Waals surface area contributed by atoms with Gasteiger partial charge in [0, 0.05) is 31.0 Å². The van der Waals surface area contributed by atoms with Crippen molar-refractivity contribution in [3.05, 3.63) is 70.2 Å². The highest BCUT2D eigenvalue weighted by molar-refractivity contribution is 6.29. The van der Waals surface area contributed by atoms with E-state index in [1.807, 2.05) is 37.1 Å². The monoisotopic (exact) mass is 488 g/mol. The Hall–Kier alpha value is -4.23. The van der Waals surface area contributed by atoms with Gasteiger partial charge in [-0.1, -0.05) is 17.7 Å². The van der Waals surface area contributed by atoms with E-state index in [-0.39, 0.29) is 22.6 Å². The minimum Gasteiger partial charge on any atom is -0.476 e. The van der Waals surface area contributed by atoms with E-state index in [4.69, 9.17) is 16.6 Å². The molecule has 0 radical (unpaired) electrons. The van der Waals surface area contributed by atoms with Crippen LogP contribution in [0.25, 0.3) is 11.0 Å². The van der Waals surface area contributed by atoms with Gasteiger partial charge in [0.2, 0.25) is 0 Å². The number of rotatable bonds is 5. The van der Waals surface area contributed by atoms with E-state index >= 15 is 0 Å². The first-order chi connectivity index (χ1) is 16.8. The highest BCUT2D eigenvalue weighted by Gasteiger charge is 2.24. The van der Waals surface area contributed by atoms with E-state index in [9.17, 15) is 15.2 Å². The van der Waals surface area contributed by atoms with Gasteiger partial charge in [0.15, 0.2) is 17.2 Å². The van der Waals surface area contributed by atoms with Crippen molar-refractivity contribution in [2.45, 2.75) is 33.0 Å². The summed E-state index contributed by atoms with van der Waals surface area (Å²) in [6, 6.07) is 8.85. The van der Waals surface area contributed by atoms with Crippen molar-refractivity contribution in [1.82, 2.24) is 24.5 Å². The van der Waals surface area contributed by atoms with Crippen molar-refractivity contribution >= 4 is 40.1 Å². The van der Waals surface area contributed by atoms with Gasteiger partial charge in [0.25, 0.3) is 0 Å². The predicted molar refractivity (Wildman–Crippen MR) is 131 cm³/mol. The molecule has 35 heavy (non-hydrogen) atoms. The molecular weight excluding hydrogens is 468 g/mol. The molecule has 0 aliphatic carbocycles. The molecule has 5 rings (SSSR count). The first-order valence-corrected chi connectivity index (χ1v) is 11.4. The summed E-state index contributed by atoms with van der Waals surface area (Å²) in [6.45, 7) is 5.78. The highest BCUT2D eigenvalue weighted by Crippen LogP contribution is 2.31. The standard InChI is InChI=1S/C24H21ClN8O2/c1-13-9-15(14(2)28-16-3-4-19(25)30-22(16)24(34)35)21-17(10-13)29-18(11-26)23(31-21)33-8-7-32-6-5-27-20(32)12-33/h3-6,9-10,14,28H,7-8,12H2,1-2H3,(H,34,35)/t14-/m1/s1. The highest BCUT2D eigenvalue weighted by atomic mass is 35.5. The van der Waals surface area contributed by atoms with E-state index < -0.39 is 5.97 Å². The summed E-state index contributed by atoms with van der Waals surface area (Å²) in [6.07, 6.45) is 3.70. The summed E-state index contributed by atoms with van der Waals surface area (Å²) in [4.78, 5) is 31.6.